The summed E-state index contributed by atoms with van der Waals surface area (Å²) in [5.41, 5.74) is 0. The minimum atomic E-state index is -3.76. The second-order valence-electron chi connectivity index (χ2n) is 6.12. The fourth-order valence-electron chi connectivity index (χ4n) is 2.80. The molecule has 0 spiro atoms. The van der Waals surface area contributed by atoms with E-state index in [1.165, 1.54) is 27.4 Å². The number of benzene rings is 1. The van der Waals surface area contributed by atoms with Gasteiger partial charge in [-0.1, -0.05) is 6.07 Å². The molecule has 2 heterocycles. The van der Waals surface area contributed by atoms with Crippen LogP contribution in [0.25, 0.3) is 0 Å². The number of hydrogen-bond acceptors (Lipinski definition) is 6. The smallest absolute Gasteiger partial charge is 0.244 e. The first-order chi connectivity index (χ1) is 12.2. The molecule has 6 nitrogen and oxygen atoms in total. The predicted octanol–water partition coefficient (Wildman–Crippen LogP) is 2.42. The zero-order valence-electron chi connectivity index (χ0n) is 14.1. The third-order valence-corrected chi connectivity index (χ3v) is 9.10. The first-order valence-electron chi connectivity index (χ1n) is 7.92. The van der Waals surface area contributed by atoms with E-state index >= 15 is 0 Å². The molecule has 0 unspecified atom stereocenters. The van der Waals surface area contributed by atoms with Crippen LogP contribution in [0.1, 0.15) is 4.88 Å². The van der Waals surface area contributed by atoms with E-state index in [0.717, 1.165) is 12.8 Å². The first kappa shape index (κ1) is 20.0. The average molecular weight is 479 g/mol. The summed E-state index contributed by atoms with van der Waals surface area (Å²) >= 11 is 4.93. The third-order valence-electron chi connectivity index (χ3n) is 4.24. The van der Waals surface area contributed by atoms with Crippen LogP contribution in [0.3, 0.4) is 0 Å². The lowest BCUT2D eigenvalue weighted by molar-refractivity contribution is 0.183. The Balaban J connectivity index is 1.77. The van der Waals surface area contributed by atoms with Gasteiger partial charge in [-0.25, -0.2) is 16.8 Å². The fourth-order valence-corrected chi connectivity index (χ4v) is 6.64. The van der Waals surface area contributed by atoms with Gasteiger partial charge in [0.15, 0.2) is 9.84 Å². The van der Waals surface area contributed by atoms with Crippen LogP contribution in [0.2, 0.25) is 0 Å². The zero-order chi connectivity index (χ0) is 18.9. The highest BCUT2D eigenvalue weighted by Gasteiger charge is 2.30. The molecule has 1 fully saturated rings. The van der Waals surface area contributed by atoms with Crippen molar-refractivity contribution in [2.45, 2.75) is 16.3 Å². The van der Waals surface area contributed by atoms with Gasteiger partial charge in [-0.2, -0.15) is 4.31 Å². The molecule has 0 saturated carbocycles. The van der Waals surface area contributed by atoms with Gasteiger partial charge in [0.1, 0.15) is 0 Å². The summed E-state index contributed by atoms with van der Waals surface area (Å²) in [4.78, 5) is 3.47. The van der Waals surface area contributed by atoms with E-state index in [9.17, 15) is 16.8 Å². The number of rotatable bonds is 5. The normalized spacial score (nSPS) is 17.5. The number of hydrogen-bond donors (Lipinski definition) is 0. The molecule has 1 aromatic carbocycles. The Bertz CT molecular complexity index is 981. The van der Waals surface area contributed by atoms with Gasteiger partial charge in [0.05, 0.1) is 9.79 Å². The summed E-state index contributed by atoms with van der Waals surface area (Å²) in [5.74, 6) is 0. The topological polar surface area (TPSA) is 74.8 Å². The highest BCUT2D eigenvalue weighted by Crippen LogP contribution is 2.28. The monoisotopic (exact) mass is 478 g/mol. The Labute approximate surface area is 166 Å². The third kappa shape index (κ3) is 4.37. The van der Waals surface area contributed by atoms with Crippen LogP contribution in [0.15, 0.2) is 50.0 Å². The van der Waals surface area contributed by atoms with Crippen molar-refractivity contribution in [3.05, 3.63) is 45.1 Å². The Morgan fingerprint density at radius 3 is 2.35 bits per heavy atom. The Hall–Kier alpha value is -0.780. The van der Waals surface area contributed by atoms with Gasteiger partial charge in [-0.3, -0.25) is 4.90 Å². The van der Waals surface area contributed by atoms with E-state index in [-0.39, 0.29) is 9.79 Å². The van der Waals surface area contributed by atoms with Crippen LogP contribution in [0.5, 0.6) is 0 Å². The minimum absolute atomic E-state index is 0.00407. The predicted molar refractivity (Wildman–Crippen MR) is 106 cm³/mol. The van der Waals surface area contributed by atoms with Crippen molar-refractivity contribution in [2.24, 2.45) is 0 Å². The molecule has 1 aromatic heterocycles. The van der Waals surface area contributed by atoms with Crippen LogP contribution < -0.4 is 0 Å². The molecule has 0 atom stereocenters. The highest BCUT2D eigenvalue weighted by molar-refractivity contribution is 9.10. The molecule has 2 aromatic rings. The number of sulfonamides is 1. The minimum Gasteiger partial charge on any atom is -0.296 e. The van der Waals surface area contributed by atoms with Gasteiger partial charge >= 0.3 is 0 Å². The van der Waals surface area contributed by atoms with Gasteiger partial charge < -0.3 is 0 Å². The largest absolute Gasteiger partial charge is 0.296 e. The maximum atomic E-state index is 13.0. The summed E-state index contributed by atoms with van der Waals surface area (Å²) in [6, 6.07) is 8.18. The molecule has 1 saturated heterocycles. The average Bonchev–Trinajstić information content (AvgIpc) is 3.07. The van der Waals surface area contributed by atoms with Gasteiger partial charge in [0, 0.05) is 48.3 Å². The summed E-state index contributed by atoms with van der Waals surface area (Å²) in [5, 5.41) is 2.03. The number of thiophene rings is 1. The molecule has 0 radical (unpaired) electrons. The summed E-state index contributed by atoms with van der Waals surface area (Å²) in [6.07, 6.45) is 1.07. The highest BCUT2D eigenvalue weighted by atomic mass is 79.9. The van der Waals surface area contributed by atoms with Crippen molar-refractivity contribution >= 4 is 47.1 Å². The maximum absolute atomic E-state index is 13.0. The SMILES string of the molecule is CS(=O)(=O)c1ccc(Br)c(S(=O)(=O)N2CCN(Cc3cccs3)CC2)c1. The van der Waals surface area contributed by atoms with Crippen molar-refractivity contribution in [3.8, 4) is 0 Å². The second kappa shape index (κ2) is 7.69. The number of halogens is 1. The maximum Gasteiger partial charge on any atom is 0.244 e. The molecule has 142 valence electrons. The van der Waals surface area contributed by atoms with E-state index in [0.29, 0.717) is 30.7 Å². The van der Waals surface area contributed by atoms with Crippen molar-refractivity contribution in [2.75, 3.05) is 32.4 Å². The molecule has 0 bridgehead atoms. The fraction of sp³-hybridized carbons (Fsp3) is 0.375. The van der Waals surface area contributed by atoms with E-state index in [2.05, 4.69) is 26.9 Å². The van der Waals surface area contributed by atoms with Crippen LogP contribution >= 0.6 is 27.3 Å². The molecule has 0 N–H and O–H groups in total. The number of piperazine rings is 1. The van der Waals surface area contributed by atoms with E-state index in [4.69, 9.17) is 0 Å². The zero-order valence-corrected chi connectivity index (χ0v) is 18.2. The van der Waals surface area contributed by atoms with Gasteiger partial charge in [0.25, 0.3) is 0 Å². The second-order valence-corrected chi connectivity index (χ2v) is 11.9. The van der Waals surface area contributed by atoms with Crippen molar-refractivity contribution in [1.29, 1.82) is 0 Å². The summed E-state index contributed by atoms with van der Waals surface area (Å²) in [6.45, 7) is 2.85. The Morgan fingerprint density at radius 1 is 1.08 bits per heavy atom. The molecule has 10 heteroatoms. The van der Waals surface area contributed by atoms with Gasteiger partial charge in [-0.05, 0) is 45.6 Å². The van der Waals surface area contributed by atoms with Crippen molar-refractivity contribution < 1.29 is 16.8 Å². The molecule has 0 amide bonds. The van der Waals surface area contributed by atoms with Crippen LogP contribution in [-0.2, 0) is 26.4 Å². The lowest BCUT2D eigenvalue weighted by Crippen LogP contribution is -2.48. The van der Waals surface area contributed by atoms with Gasteiger partial charge in [0.2, 0.25) is 10.0 Å². The Kier molecular flexibility index (Phi) is 5.90. The van der Waals surface area contributed by atoms with E-state index in [1.54, 1.807) is 11.3 Å². The standard InChI is InChI=1S/C16H19BrN2O4S3/c1-25(20,21)14-4-5-15(17)16(11-14)26(22,23)19-8-6-18(7-9-19)12-13-3-2-10-24-13/h2-5,10-11H,6-9,12H2,1H3. The molecule has 0 aliphatic carbocycles. The lowest BCUT2D eigenvalue weighted by Gasteiger charge is -2.33. The lowest BCUT2D eigenvalue weighted by atomic mass is 10.3. The summed E-state index contributed by atoms with van der Waals surface area (Å²) < 4.78 is 51.3. The number of nitrogens with zero attached hydrogens (tertiary/aromatic N) is 2. The van der Waals surface area contributed by atoms with Crippen molar-refractivity contribution in [3.63, 3.8) is 0 Å². The molecular weight excluding hydrogens is 460 g/mol. The quantitative estimate of drug-likeness (QED) is 0.659. The Morgan fingerprint density at radius 2 is 1.77 bits per heavy atom. The summed E-state index contributed by atoms with van der Waals surface area (Å²) in [7, 11) is -7.24. The van der Waals surface area contributed by atoms with Crippen molar-refractivity contribution in [1.82, 2.24) is 9.21 Å². The van der Waals surface area contributed by atoms with E-state index < -0.39 is 19.9 Å². The molecule has 1 aliphatic rings. The van der Waals surface area contributed by atoms with Crippen LogP contribution in [0, 0.1) is 0 Å². The number of sulfone groups is 1. The molecule has 26 heavy (non-hydrogen) atoms. The van der Waals surface area contributed by atoms with E-state index in [1.807, 2.05) is 11.4 Å². The molecule has 3 rings (SSSR count). The first-order valence-corrected chi connectivity index (χ1v) is 12.9. The van der Waals surface area contributed by atoms with Gasteiger partial charge in [-0.15, -0.1) is 11.3 Å². The van der Waals surface area contributed by atoms with Crippen LogP contribution in [-0.4, -0.2) is 58.5 Å². The molecule has 1 aliphatic heterocycles. The van der Waals surface area contributed by atoms with Crippen LogP contribution in [0.4, 0.5) is 0 Å². The molecular formula is C16H19BrN2O4S3.